The van der Waals surface area contributed by atoms with E-state index in [0.717, 1.165) is 17.5 Å². The molecule has 0 aliphatic rings. The molecule has 2 unspecified atom stereocenters. The summed E-state index contributed by atoms with van der Waals surface area (Å²) in [6.45, 7) is 1.50. The van der Waals surface area contributed by atoms with Gasteiger partial charge >= 0.3 is 11.9 Å². The lowest BCUT2D eigenvalue weighted by molar-refractivity contribution is -0.153. The highest BCUT2D eigenvalue weighted by Gasteiger charge is 2.20. The van der Waals surface area contributed by atoms with Crippen LogP contribution >= 0.6 is 0 Å². The van der Waals surface area contributed by atoms with E-state index in [0.29, 0.717) is 19.3 Å². The molecule has 36 heavy (non-hydrogen) atoms. The Hall–Kier alpha value is -2.99. The second-order valence-corrected chi connectivity index (χ2v) is 7.64. The van der Waals surface area contributed by atoms with Crippen LogP contribution in [0.3, 0.4) is 0 Å². The summed E-state index contributed by atoms with van der Waals surface area (Å²) in [4.78, 5) is 35.0. The van der Waals surface area contributed by atoms with E-state index in [-0.39, 0.29) is 74.8 Å². The van der Waals surface area contributed by atoms with Gasteiger partial charge in [-0.25, -0.2) is 4.79 Å². The highest BCUT2D eigenvalue weighted by Crippen LogP contribution is 2.15. The van der Waals surface area contributed by atoms with E-state index in [4.69, 9.17) is 14.6 Å². The second-order valence-electron chi connectivity index (χ2n) is 7.64. The summed E-state index contributed by atoms with van der Waals surface area (Å²) in [5.41, 5.74) is 2.34. The SMILES string of the molecule is C.C.C.C.C.COC(CCc1ccc(C(=O)O)cc1)CC(=O)OC(CCc1ccccc1)CC(C)=O.[2HH]. The number of carbonyl (C=O) groups excluding carboxylic acids is 2. The Kier molecular flexibility index (Phi) is 23.8. The third-order valence-corrected chi connectivity index (χ3v) is 5.09. The fourth-order valence-corrected chi connectivity index (χ4v) is 3.36. The molecule has 0 bridgehead atoms. The van der Waals surface area contributed by atoms with Gasteiger partial charge in [0.15, 0.2) is 0 Å². The number of rotatable bonds is 13. The molecular formula is C30H52O6. The van der Waals surface area contributed by atoms with Crippen LogP contribution in [0.15, 0.2) is 54.6 Å². The number of hydrogen-bond donors (Lipinski definition) is 1. The number of carboxylic acid groups (broad SMARTS) is 1. The van der Waals surface area contributed by atoms with Crippen LogP contribution in [0, 0.1) is 0 Å². The predicted octanol–water partition coefficient (Wildman–Crippen LogP) is 7.67. The molecule has 0 saturated heterocycles. The van der Waals surface area contributed by atoms with E-state index in [1.165, 1.54) is 6.92 Å². The molecule has 0 fully saturated rings. The molecule has 0 spiro atoms. The van der Waals surface area contributed by atoms with Crippen molar-refractivity contribution < 1.29 is 30.4 Å². The minimum absolute atomic E-state index is 0. The lowest BCUT2D eigenvalue weighted by Crippen LogP contribution is -2.25. The summed E-state index contributed by atoms with van der Waals surface area (Å²) in [6.07, 6.45) is 2.09. The van der Waals surface area contributed by atoms with Crippen molar-refractivity contribution in [3.63, 3.8) is 0 Å². The average molecular weight is 510 g/mol. The van der Waals surface area contributed by atoms with Crippen LogP contribution < -0.4 is 0 Å². The maximum absolute atomic E-state index is 12.5. The number of ether oxygens (including phenoxy) is 2. The van der Waals surface area contributed by atoms with Gasteiger partial charge in [-0.05, 0) is 55.9 Å². The Labute approximate surface area is 221 Å². The summed E-state index contributed by atoms with van der Waals surface area (Å²) < 4.78 is 11.0. The number of esters is 1. The number of benzene rings is 2. The zero-order valence-electron chi connectivity index (χ0n) is 18.1. The number of carbonyl (C=O) groups is 3. The first-order valence-electron chi connectivity index (χ1n) is 10.4. The number of methoxy groups -OCH3 is 1. The van der Waals surface area contributed by atoms with Crippen molar-refractivity contribution in [3.05, 3.63) is 71.3 Å². The van der Waals surface area contributed by atoms with Gasteiger partial charge in [-0.15, -0.1) is 0 Å². The van der Waals surface area contributed by atoms with Crippen LogP contribution in [-0.4, -0.2) is 42.1 Å². The van der Waals surface area contributed by atoms with Gasteiger partial charge in [-0.2, -0.15) is 0 Å². The quantitative estimate of drug-likeness (QED) is 0.279. The molecule has 0 aliphatic heterocycles. The average Bonchev–Trinajstić information content (AvgIpc) is 2.75. The van der Waals surface area contributed by atoms with Crippen molar-refractivity contribution in [2.75, 3.05) is 7.11 Å². The first-order valence-corrected chi connectivity index (χ1v) is 10.4. The summed E-state index contributed by atoms with van der Waals surface area (Å²) in [7, 11) is 1.55. The van der Waals surface area contributed by atoms with Crippen LogP contribution in [0.2, 0.25) is 0 Å². The molecule has 0 saturated carbocycles. The van der Waals surface area contributed by atoms with Gasteiger partial charge in [0.05, 0.1) is 18.1 Å². The highest BCUT2D eigenvalue weighted by molar-refractivity contribution is 5.87. The monoisotopic (exact) mass is 509 g/mol. The van der Waals surface area contributed by atoms with E-state index in [1.807, 2.05) is 30.3 Å². The normalized spacial score (nSPS) is 10.9. The van der Waals surface area contributed by atoms with Crippen molar-refractivity contribution in [2.24, 2.45) is 0 Å². The Morgan fingerprint density at radius 2 is 1.28 bits per heavy atom. The summed E-state index contributed by atoms with van der Waals surface area (Å²) >= 11 is 0. The highest BCUT2D eigenvalue weighted by atomic mass is 16.5. The molecule has 6 nitrogen and oxygen atoms in total. The van der Waals surface area contributed by atoms with E-state index >= 15 is 0 Å². The Morgan fingerprint density at radius 1 is 0.778 bits per heavy atom. The smallest absolute Gasteiger partial charge is 0.335 e. The van der Waals surface area contributed by atoms with E-state index in [9.17, 15) is 14.4 Å². The van der Waals surface area contributed by atoms with Gasteiger partial charge in [0.2, 0.25) is 0 Å². The maximum atomic E-state index is 12.5. The van der Waals surface area contributed by atoms with Crippen LogP contribution in [-0.2, 0) is 31.9 Å². The molecule has 0 aliphatic carbocycles. The molecule has 0 aromatic heterocycles. The van der Waals surface area contributed by atoms with Crippen LogP contribution in [0.4, 0.5) is 0 Å². The molecule has 2 rings (SSSR count). The van der Waals surface area contributed by atoms with Crippen molar-refractivity contribution in [1.82, 2.24) is 0 Å². The molecule has 208 valence electrons. The lowest BCUT2D eigenvalue weighted by Gasteiger charge is -2.19. The van der Waals surface area contributed by atoms with Gasteiger partial charge in [0, 0.05) is 15.0 Å². The van der Waals surface area contributed by atoms with Crippen LogP contribution in [0.1, 0.15) is 92.7 Å². The summed E-state index contributed by atoms with van der Waals surface area (Å²) in [5.74, 6) is -1.36. The van der Waals surface area contributed by atoms with Crippen LogP contribution in [0.25, 0.3) is 0 Å². The van der Waals surface area contributed by atoms with E-state index in [2.05, 4.69) is 0 Å². The fraction of sp³-hybridized carbons (Fsp3) is 0.500. The first-order chi connectivity index (χ1) is 14.9. The molecule has 6 heteroatoms. The third kappa shape index (κ3) is 15.1. The van der Waals surface area contributed by atoms with Gasteiger partial charge < -0.3 is 14.6 Å². The second kappa shape index (κ2) is 21.3. The zero-order chi connectivity index (χ0) is 22.6. The molecule has 2 aromatic rings. The van der Waals surface area contributed by atoms with E-state index in [1.54, 1.807) is 31.4 Å². The Morgan fingerprint density at radius 3 is 1.75 bits per heavy atom. The molecule has 2 aromatic carbocycles. The maximum Gasteiger partial charge on any atom is 0.335 e. The molecule has 2 atom stereocenters. The zero-order valence-corrected chi connectivity index (χ0v) is 18.1. The van der Waals surface area contributed by atoms with Crippen LogP contribution in [0.5, 0.6) is 0 Å². The number of hydrogen-bond acceptors (Lipinski definition) is 5. The fourth-order valence-electron chi connectivity index (χ4n) is 3.36. The number of Topliss-reactive ketones (excluding diaryl/α,β-unsaturated/α-hetero) is 1. The molecular weight excluding hydrogens is 456 g/mol. The number of aryl methyl sites for hydroxylation is 2. The number of ketones is 1. The predicted molar refractivity (Wildman–Crippen MR) is 153 cm³/mol. The molecule has 1 N–H and O–H groups in total. The largest absolute Gasteiger partial charge is 0.478 e. The number of aromatic carboxylic acids is 1. The minimum atomic E-state index is -0.962. The summed E-state index contributed by atoms with van der Waals surface area (Å²) in [6, 6.07) is 16.5. The molecule has 0 radical (unpaired) electrons. The van der Waals surface area contributed by atoms with Gasteiger partial charge in [0.1, 0.15) is 11.9 Å². The molecule has 0 heterocycles. The Bertz CT molecular complexity index is 852. The van der Waals surface area contributed by atoms with Crippen molar-refractivity contribution >= 4 is 17.7 Å². The van der Waals surface area contributed by atoms with Crippen molar-refractivity contribution in [1.29, 1.82) is 0 Å². The van der Waals surface area contributed by atoms with Gasteiger partial charge in [-0.3, -0.25) is 9.59 Å². The van der Waals surface area contributed by atoms with E-state index < -0.39 is 12.1 Å². The van der Waals surface area contributed by atoms with Gasteiger partial charge in [0.25, 0.3) is 0 Å². The van der Waals surface area contributed by atoms with Crippen molar-refractivity contribution in [2.45, 2.75) is 94.8 Å². The van der Waals surface area contributed by atoms with Gasteiger partial charge in [-0.1, -0.05) is 79.6 Å². The third-order valence-electron chi connectivity index (χ3n) is 5.09. The minimum Gasteiger partial charge on any atom is -0.478 e. The lowest BCUT2D eigenvalue weighted by atomic mass is 10.0. The number of carboxylic acids is 1. The molecule has 0 amide bonds. The van der Waals surface area contributed by atoms with Crippen molar-refractivity contribution in [3.8, 4) is 0 Å². The standard InChI is InChI=1S/C25H30O6.5CH4.H2/c1-18(26)16-23(15-11-19-6-4-3-5-7-19)31-24(27)17-22(30-2)14-10-20-8-12-21(13-9-20)25(28)29;;;;;;/h3-9,12-13,22-23H,10-11,14-17H2,1-2H3,(H,28,29);5*1H4;1H/i;;;;;;1+1. The first kappa shape index (κ1) is 40.2. The summed E-state index contributed by atoms with van der Waals surface area (Å²) in [5, 5.41) is 8.97. The topological polar surface area (TPSA) is 89.9 Å². The Balaban J connectivity index is -0.000000569.